The summed E-state index contributed by atoms with van der Waals surface area (Å²) in [6.45, 7) is 0. The molecule has 8 aromatic carbocycles. The van der Waals surface area contributed by atoms with E-state index in [0.717, 1.165) is 87.5 Å². The maximum atomic E-state index is 10.7. The first kappa shape index (κ1) is 33.1. The molecule has 12 rings (SSSR count). The average Bonchev–Trinajstić information content (AvgIpc) is 4.05. The molecule has 0 fully saturated rings. The van der Waals surface area contributed by atoms with Gasteiger partial charge < -0.3 is 18.0 Å². The van der Waals surface area contributed by atoms with Crippen LogP contribution in [0.3, 0.4) is 0 Å². The van der Waals surface area contributed by atoms with Crippen molar-refractivity contribution >= 4 is 87.5 Å². The largest absolute Gasteiger partial charge is 0.455 e. The van der Waals surface area contributed by atoms with Gasteiger partial charge in [-0.15, -0.1) is 0 Å². The van der Waals surface area contributed by atoms with Crippen molar-refractivity contribution in [3.05, 3.63) is 168 Å². The second-order valence-corrected chi connectivity index (χ2v) is 14.9. The number of furan rings is 2. The maximum absolute atomic E-state index is 10.7. The van der Waals surface area contributed by atoms with Crippen LogP contribution in [0.5, 0.6) is 0 Å². The second-order valence-electron chi connectivity index (χ2n) is 14.9. The van der Waals surface area contributed by atoms with Crippen LogP contribution in [0, 0.1) is 45.3 Å². The smallest absolute Gasteiger partial charge is 0.145 e. The molecule has 0 aliphatic heterocycles. The number of nitrogens with zero attached hydrogens (tertiary/aromatic N) is 6. The average molecular weight is 765 g/mol. The van der Waals surface area contributed by atoms with Crippen LogP contribution in [-0.2, 0) is 0 Å². The van der Waals surface area contributed by atoms with Crippen molar-refractivity contribution in [2.24, 2.45) is 0 Å². The summed E-state index contributed by atoms with van der Waals surface area (Å²) in [5.74, 6) is 0. The minimum absolute atomic E-state index is 0.217. The Morgan fingerprint density at radius 3 is 1.15 bits per heavy atom. The summed E-state index contributed by atoms with van der Waals surface area (Å²) in [4.78, 5) is 0. The standard InChI is InChI=1S/C52H24N6O2/c53-25-29-21-31(27-55)45(57-41-13-5-1-11-37(41)49-43(57)19-17-35-33-9-3-7-15-47(33)59-51(35)49)23-39(29)40-24-46(32(28-56)22-30(40)26-54)58-42-14-6-2-12-38(42)50-44(58)20-18-36-34-10-4-8-16-48(34)60-52(36)50/h1-24H. The molecule has 0 N–H and O–H groups in total. The first-order valence-electron chi connectivity index (χ1n) is 19.2. The van der Waals surface area contributed by atoms with Crippen LogP contribution < -0.4 is 0 Å². The van der Waals surface area contributed by atoms with E-state index in [1.165, 1.54) is 0 Å². The Labute approximate surface area is 340 Å². The highest BCUT2D eigenvalue weighted by molar-refractivity contribution is 6.25. The molecule has 274 valence electrons. The molecule has 0 aliphatic rings. The van der Waals surface area contributed by atoms with Gasteiger partial charge in [-0.3, -0.25) is 0 Å². The van der Waals surface area contributed by atoms with Crippen molar-refractivity contribution < 1.29 is 8.83 Å². The fourth-order valence-electron chi connectivity index (χ4n) is 9.35. The number of benzene rings is 8. The van der Waals surface area contributed by atoms with Gasteiger partial charge in [-0.2, -0.15) is 21.0 Å². The van der Waals surface area contributed by atoms with Crippen LogP contribution in [-0.4, -0.2) is 9.13 Å². The number of hydrogen-bond acceptors (Lipinski definition) is 6. The molecule has 0 bridgehead atoms. The van der Waals surface area contributed by atoms with E-state index in [0.29, 0.717) is 22.5 Å². The van der Waals surface area contributed by atoms with Crippen LogP contribution in [0.4, 0.5) is 0 Å². The van der Waals surface area contributed by atoms with E-state index in [1.807, 2.05) is 143 Å². The Kier molecular flexibility index (Phi) is 6.73. The van der Waals surface area contributed by atoms with E-state index >= 15 is 0 Å². The fourth-order valence-corrected chi connectivity index (χ4v) is 9.35. The Hall–Kier alpha value is -9.08. The number of nitriles is 4. The highest BCUT2D eigenvalue weighted by Crippen LogP contribution is 2.44. The van der Waals surface area contributed by atoms with Crippen molar-refractivity contribution in [3.63, 3.8) is 0 Å². The Balaban J connectivity index is 1.16. The molecule has 0 radical (unpaired) electrons. The summed E-state index contributed by atoms with van der Waals surface area (Å²) in [6.07, 6.45) is 0. The van der Waals surface area contributed by atoms with Gasteiger partial charge in [0.05, 0.1) is 78.6 Å². The zero-order valence-corrected chi connectivity index (χ0v) is 31.4. The Bertz CT molecular complexity index is 3810. The lowest BCUT2D eigenvalue weighted by atomic mass is 9.91. The van der Waals surface area contributed by atoms with Crippen LogP contribution in [0.15, 0.2) is 154 Å². The predicted molar refractivity (Wildman–Crippen MR) is 234 cm³/mol. The highest BCUT2D eigenvalue weighted by Gasteiger charge is 2.25. The van der Waals surface area contributed by atoms with Crippen LogP contribution in [0.1, 0.15) is 22.3 Å². The molecule has 0 saturated heterocycles. The molecule has 4 heterocycles. The van der Waals surface area contributed by atoms with Crippen molar-refractivity contribution in [2.75, 3.05) is 0 Å². The molecule has 0 amide bonds. The molecular weight excluding hydrogens is 741 g/mol. The van der Waals surface area contributed by atoms with Gasteiger partial charge in [0.15, 0.2) is 0 Å². The van der Waals surface area contributed by atoms with Crippen molar-refractivity contribution in [1.82, 2.24) is 9.13 Å². The lowest BCUT2D eigenvalue weighted by Crippen LogP contribution is -2.03. The van der Waals surface area contributed by atoms with Crippen LogP contribution in [0.25, 0.3) is 110 Å². The third kappa shape index (κ3) is 4.34. The molecule has 0 unspecified atom stereocenters. The number of fused-ring (bicyclic) bond motifs is 14. The summed E-state index contributed by atoms with van der Waals surface area (Å²) in [7, 11) is 0. The topological polar surface area (TPSA) is 131 Å². The Morgan fingerprint density at radius 2 is 0.733 bits per heavy atom. The molecule has 0 aliphatic carbocycles. The van der Waals surface area contributed by atoms with E-state index in [4.69, 9.17) is 8.83 Å². The van der Waals surface area contributed by atoms with Gasteiger partial charge >= 0.3 is 0 Å². The molecule has 12 aromatic rings. The number of para-hydroxylation sites is 4. The van der Waals surface area contributed by atoms with Gasteiger partial charge in [0, 0.05) is 43.4 Å². The predicted octanol–water partition coefficient (Wildman–Crippen LogP) is 12.8. The van der Waals surface area contributed by atoms with Gasteiger partial charge in [0.2, 0.25) is 0 Å². The first-order valence-corrected chi connectivity index (χ1v) is 19.2. The van der Waals surface area contributed by atoms with Crippen molar-refractivity contribution in [3.8, 4) is 46.8 Å². The van der Waals surface area contributed by atoms with Gasteiger partial charge in [-0.05, 0) is 72.8 Å². The van der Waals surface area contributed by atoms with E-state index in [1.54, 1.807) is 12.1 Å². The van der Waals surface area contributed by atoms with Crippen LogP contribution >= 0.6 is 0 Å². The van der Waals surface area contributed by atoms with Gasteiger partial charge in [0.1, 0.15) is 34.5 Å². The summed E-state index contributed by atoms with van der Waals surface area (Å²) < 4.78 is 17.1. The van der Waals surface area contributed by atoms with Gasteiger partial charge in [-0.25, -0.2) is 0 Å². The zero-order valence-electron chi connectivity index (χ0n) is 31.4. The van der Waals surface area contributed by atoms with E-state index in [2.05, 4.69) is 24.3 Å². The molecule has 8 heteroatoms. The molecule has 4 aromatic heterocycles. The fraction of sp³-hybridized carbons (Fsp3) is 0. The maximum Gasteiger partial charge on any atom is 0.145 e. The zero-order chi connectivity index (χ0) is 40.2. The van der Waals surface area contributed by atoms with E-state index < -0.39 is 0 Å². The SMILES string of the molecule is N#Cc1cc(C#N)c(-n2c3ccccc3c3c4oc5ccccc5c4ccc32)cc1-c1cc(-n2c3ccccc3c3c4oc5ccccc5c4ccc32)c(C#N)cc1C#N. The molecule has 8 nitrogen and oxygen atoms in total. The van der Waals surface area contributed by atoms with E-state index in [9.17, 15) is 21.0 Å². The van der Waals surface area contributed by atoms with Crippen molar-refractivity contribution in [1.29, 1.82) is 21.0 Å². The van der Waals surface area contributed by atoms with E-state index in [-0.39, 0.29) is 22.3 Å². The molecule has 60 heavy (non-hydrogen) atoms. The molecule has 0 atom stereocenters. The van der Waals surface area contributed by atoms with Crippen LogP contribution in [0.2, 0.25) is 0 Å². The molecule has 0 saturated carbocycles. The lowest BCUT2D eigenvalue weighted by molar-refractivity contribution is 0.672. The first-order chi connectivity index (χ1) is 29.6. The minimum Gasteiger partial charge on any atom is -0.455 e. The number of rotatable bonds is 3. The van der Waals surface area contributed by atoms with Gasteiger partial charge in [0.25, 0.3) is 0 Å². The summed E-state index contributed by atoms with van der Waals surface area (Å²) in [6, 6.07) is 56.2. The highest BCUT2D eigenvalue weighted by atomic mass is 16.3. The monoisotopic (exact) mass is 764 g/mol. The summed E-state index contributed by atoms with van der Waals surface area (Å²) in [5.41, 5.74) is 9.33. The molecular formula is C52H24N6O2. The lowest BCUT2D eigenvalue weighted by Gasteiger charge is -2.17. The third-order valence-electron chi connectivity index (χ3n) is 11.9. The number of aromatic nitrogens is 2. The van der Waals surface area contributed by atoms with Crippen molar-refractivity contribution in [2.45, 2.75) is 0 Å². The summed E-state index contributed by atoms with van der Waals surface area (Å²) >= 11 is 0. The normalized spacial score (nSPS) is 11.6. The van der Waals surface area contributed by atoms with Gasteiger partial charge in [-0.1, -0.05) is 72.8 Å². The third-order valence-corrected chi connectivity index (χ3v) is 11.9. The summed E-state index contributed by atoms with van der Waals surface area (Å²) in [5, 5.41) is 50.4. The Morgan fingerprint density at radius 1 is 0.350 bits per heavy atom. The second kappa shape index (κ2) is 12.2. The minimum atomic E-state index is 0.217. The number of hydrogen-bond donors (Lipinski definition) is 0. The quantitative estimate of drug-likeness (QED) is 0.176. The molecule has 0 spiro atoms.